The average Bonchev–Trinajstić information content (AvgIpc) is 2.18. The molecule has 14 heavy (non-hydrogen) atoms. The number of hydrogen-bond acceptors (Lipinski definition) is 1. The number of ether oxygens (including phenoxy) is 1. The Labute approximate surface area is 90.5 Å². The van der Waals surface area contributed by atoms with Crippen molar-refractivity contribution >= 4 is 0 Å². The van der Waals surface area contributed by atoms with Gasteiger partial charge < -0.3 is 4.74 Å². The molecule has 0 amide bonds. The van der Waals surface area contributed by atoms with Crippen LogP contribution < -0.4 is 0 Å². The molecule has 1 rings (SSSR count). The number of allylic oxidation sites excluding steroid dienone is 2. The third-order valence-corrected chi connectivity index (χ3v) is 2.02. The molecule has 0 aromatic heterocycles. The van der Waals surface area contributed by atoms with E-state index in [0.29, 0.717) is 5.41 Å². The molecule has 1 aliphatic rings. The summed E-state index contributed by atoms with van der Waals surface area (Å²) in [5.74, 6) is 1.12. The van der Waals surface area contributed by atoms with Crippen molar-refractivity contribution in [3.8, 4) is 0 Å². The van der Waals surface area contributed by atoms with Crippen LogP contribution in [0, 0.1) is 5.41 Å². The minimum absolute atomic E-state index is 0.351. The lowest BCUT2D eigenvalue weighted by molar-refractivity contribution is 0.0909. The van der Waals surface area contributed by atoms with Crippen molar-refractivity contribution in [2.24, 2.45) is 5.41 Å². The molecular weight excluding hydrogens is 172 g/mol. The summed E-state index contributed by atoms with van der Waals surface area (Å²) in [6, 6.07) is 0. The van der Waals surface area contributed by atoms with Crippen molar-refractivity contribution in [2.45, 2.75) is 61.8 Å². The van der Waals surface area contributed by atoms with Gasteiger partial charge in [-0.25, -0.2) is 0 Å². The predicted molar refractivity (Wildman–Crippen MR) is 65.4 cm³/mol. The van der Waals surface area contributed by atoms with Gasteiger partial charge >= 0.3 is 0 Å². The Morgan fingerprint density at radius 2 is 1.43 bits per heavy atom. The minimum Gasteiger partial charge on any atom is -0.498 e. The van der Waals surface area contributed by atoms with E-state index >= 15 is 0 Å². The zero-order chi connectivity index (χ0) is 11.8. The molecule has 0 radical (unpaired) electrons. The van der Waals surface area contributed by atoms with Crippen LogP contribution in [0.4, 0.5) is 0 Å². The number of hydrogen-bond donors (Lipinski definition) is 0. The van der Waals surface area contributed by atoms with Crippen LogP contribution in [0.25, 0.3) is 0 Å². The first-order valence-corrected chi connectivity index (χ1v) is 5.80. The Hall–Kier alpha value is -0.460. The Morgan fingerprint density at radius 1 is 1.00 bits per heavy atom. The van der Waals surface area contributed by atoms with Gasteiger partial charge in [-0.05, 0) is 25.8 Å². The standard InChI is InChI=1S/C9H16O.2C2H6/c1-7-5-9(3,4)6-10-8(7)2;2*1-2/h5-6H2,1-4H3;2*1-2H3. The molecule has 86 valence electrons. The van der Waals surface area contributed by atoms with Crippen LogP contribution in [0.5, 0.6) is 0 Å². The zero-order valence-electron chi connectivity index (χ0n) is 11.3. The first-order valence-electron chi connectivity index (χ1n) is 5.80. The minimum atomic E-state index is 0.351. The normalized spacial score (nSPS) is 18.3. The van der Waals surface area contributed by atoms with Crippen molar-refractivity contribution in [3.05, 3.63) is 11.3 Å². The smallest absolute Gasteiger partial charge is 0.0931 e. The molecule has 0 aromatic rings. The molecule has 0 fully saturated rings. The topological polar surface area (TPSA) is 9.23 Å². The molecule has 0 N–H and O–H groups in total. The van der Waals surface area contributed by atoms with Gasteiger partial charge in [0, 0.05) is 5.41 Å². The highest BCUT2D eigenvalue weighted by Gasteiger charge is 2.24. The molecule has 1 heterocycles. The maximum atomic E-state index is 5.48. The fourth-order valence-electron chi connectivity index (χ4n) is 1.32. The van der Waals surface area contributed by atoms with E-state index in [1.165, 1.54) is 12.0 Å². The molecule has 1 aliphatic heterocycles. The molecule has 0 atom stereocenters. The van der Waals surface area contributed by atoms with Gasteiger partial charge in [0.1, 0.15) is 0 Å². The Morgan fingerprint density at radius 3 is 1.71 bits per heavy atom. The fraction of sp³-hybridized carbons (Fsp3) is 0.846. The highest BCUT2D eigenvalue weighted by atomic mass is 16.5. The summed E-state index contributed by atoms with van der Waals surface area (Å²) in [6.07, 6.45) is 1.18. The highest BCUT2D eigenvalue weighted by molar-refractivity contribution is 5.09. The molecule has 0 bridgehead atoms. The lowest BCUT2D eigenvalue weighted by Gasteiger charge is -2.31. The van der Waals surface area contributed by atoms with Gasteiger partial charge in [0.2, 0.25) is 0 Å². The fourth-order valence-corrected chi connectivity index (χ4v) is 1.32. The highest BCUT2D eigenvalue weighted by Crippen LogP contribution is 2.32. The largest absolute Gasteiger partial charge is 0.498 e. The zero-order valence-corrected chi connectivity index (χ0v) is 11.3. The summed E-state index contributed by atoms with van der Waals surface area (Å²) in [5, 5.41) is 0. The summed E-state index contributed by atoms with van der Waals surface area (Å²) in [5.41, 5.74) is 1.75. The van der Waals surface area contributed by atoms with Gasteiger partial charge in [0.25, 0.3) is 0 Å². The third kappa shape index (κ3) is 6.06. The third-order valence-electron chi connectivity index (χ3n) is 2.02. The van der Waals surface area contributed by atoms with Crippen molar-refractivity contribution < 1.29 is 4.74 Å². The van der Waals surface area contributed by atoms with E-state index in [0.717, 1.165) is 12.4 Å². The second-order valence-electron chi connectivity index (χ2n) is 3.97. The summed E-state index contributed by atoms with van der Waals surface area (Å²) >= 11 is 0. The van der Waals surface area contributed by atoms with Gasteiger partial charge in [0.05, 0.1) is 12.4 Å². The van der Waals surface area contributed by atoms with Crippen molar-refractivity contribution in [3.63, 3.8) is 0 Å². The molecule has 0 aromatic carbocycles. The Balaban J connectivity index is 0. The van der Waals surface area contributed by atoms with Crippen LogP contribution in [-0.2, 0) is 4.74 Å². The van der Waals surface area contributed by atoms with Crippen molar-refractivity contribution in [2.75, 3.05) is 6.61 Å². The second kappa shape index (κ2) is 7.90. The van der Waals surface area contributed by atoms with Gasteiger partial charge in [-0.3, -0.25) is 0 Å². The van der Waals surface area contributed by atoms with Gasteiger partial charge in [-0.1, -0.05) is 41.5 Å². The van der Waals surface area contributed by atoms with Crippen LogP contribution in [0.3, 0.4) is 0 Å². The van der Waals surface area contributed by atoms with Gasteiger partial charge in [0.15, 0.2) is 0 Å². The van der Waals surface area contributed by atoms with E-state index in [9.17, 15) is 0 Å². The molecule has 1 nitrogen and oxygen atoms in total. The average molecular weight is 200 g/mol. The van der Waals surface area contributed by atoms with Crippen molar-refractivity contribution in [1.29, 1.82) is 0 Å². The second-order valence-corrected chi connectivity index (χ2v) is 3.97. The maximum Gasteiger partial charge on any atom is 0.0931 e. The first kappa shape index (κ1) is 16.0. The number of rotatable bonds is 0. The van der Waals surface area contributed by atoms with E-state index in [4.69, 9.17) is 4.74 Å². The van der Waals surface area contributed by atoms with E-state index < -0.39 is 0 Å². The maximum absolute atomic E-state index is 5.48. The lowest BCUT2D eigenvalue weighted by Crippen LogP contribution is -2.23. The SMILES string of the molecule is CC.CC.CC1=C(C)OCC(C)(C)C1. The molecule has 0 unspecified atom stereocenters. The summed E-state index contributed by atoms with van der Waals surface area (Å²) in [6.45, 7) is 17.5. The molecule has 0 saturated heterocycles. The van der Waals surface area contributed by atoms with Gasteiger partial charge in [-0.15, -0.1) is 0 Å². The summed E-state index contributed by atoms with van der Waals surface area (Å²) in [4.78, 5) is 0. The van der Waals surface area contributed by atoms with Crippen LogP contribution in [-0.4, -0.2) is 6.61 Å². The van der Waals surface area contributed by atoms with Crippen LogP contribution in [0.2, 0.25) is 0 Å². The quantitative estimate of drug-likeness (QED) is 0.547. The molecule has 0 aliphatic carbocycles. The van der Waals surface area contributed by atoms with E-state index in [2.05, 4.69) is 20.8 Å². The monoisotopic (exact) mass is 200 g/mol. The summed E-state index contributed by atoms with van der Waals surface area (Å²) < 4.78 is 5.48. The molecule has 0 spiro atoms. The molecule has 0 saturated carbocycles. The lowest BCUT2D eigenvalue weighted by atomic mass is 9.85. The van der Waals surface area contributed by atoms with Gasteiger partial charge in [-0.2, -0.15) is 0 Å². The van der Waals surface area contributed by atoms with E-state index in [1.54, 1.807) is 0 Å². The van der Waals surface area contributed by atoms with Crippen LogP contribution >= 0.6 is 0 Å². The van der Waals surface area contributed by atoms with E-state index in [1.807, 2.05) is 34.6 Å². The van der Waals surface area contributed by atoms with Crippen molar-refractivity contribution in [1.82, 2.24) is 0 Å². The first-order chi connectivity index (χ1) is 6.51. The predicted octanol–water partition coefficient (Wildman–Crippen LogP) is 4.78. The molecular formula is C13H28O. The van der Waals surface area contributed by atoms with E-state index in [-0.39, 0.29) is 0 Å². The Kier molecular flexibility index (Phi) is 9.02. The molecule has 1 heteroatoms. The summed E-state index contributed by atoms with van der Waals surface area (Å²) in [7, 11) is 0. The van der Waals surface area contributed by atoms with Crippen LogP contribution in [0.1, 0.15) is 61.8 Å². The van der Waals surface area contributed by atoms with Crippen LogP contribution in [0.15, 0.2) is 11.3 Å². The Bertz CT molecular complexity index is 166.